The molecule has 1 aromatic rings. The van der Waals surface area contributed by atoms with Crippen molar-refractivity contribution in [3.63, 3.8) is 0 Å². The van der Waals surface area contributed by atoms with Gasteiger partial charge in [0, 0.05) is 27.3 Å². The number of rotatable bonds is 11. The Morgan fingerprint density at radius 3 is 2.77 bits per heavy atom. The summed E-state index contributed by atoms with van der Waals surface area (Å²) in [6.07, 6.45) is 5.62. The predicted molar refractivity (Wildman–Crippen MR) is 103 cm³/mol. The zero-order valence-corrected chi connectivity index (χ0v) is 16.2. The first-order valence-electron chi connectivity index (χ1n) is 9.52. The summed E-state index contributed by atoms with van der Waals surface area (Å²) in [5.41, 5.74) is 0.865. The zero-order valence-electron chi connectivity index (χ0n) is 16.2. The first kappa shape index (κ1) is 20.5. The molecule has 2 rings (SSSR count). The van der Waals surface area contributed by atoms with Crippen molar-refractivity contribution in [2.45, 2.75) is 45.1 Å². The summed E-state index contributed by atoms with van der Waals surface area (Å²) in [5, 5.41) is 6.59. The van der Waals surface area contributed by atoms with Gasteiger partial charge >= 0.3 is 0 Å². The minimum atomic E-state index is -0.308. The van der Waals surface area contributed by atoms with Crippen molar-refractivity contribution >= 4 is 5.96 Å². The van der Waals surface area contributed by atoms with Crippen molar-refractivity contribution in [3.05, 3.63) is 29.6 Å². The second-order valence-electron chi connectivity index (χ2n) is 6.86. The fraction of sp³-hybridized carbons (Fsp3) is 0.650. The molecule has 1 aliphatic rings. The van der Waals surface area contributed by atoms with Crippen LogP contribution in [0.15, 0.2) is 23.2 Å². The number of nitrogens with zero attached hydrogens (tertiary/aromatic N) is 1. The summed E-state index contributed by atoms with van der Waals surface area (Å²) in [6.45, 7) is 4.25. The number of hydrogen-bond donors (Lipinski definition) is 2. The van der Waals surface area contributed by atoms with Crippen LogP contribution in [-0.2, 0) is 4.74 Å². The van der Waals surface area contributed by atoms with Crippen molar-refractivity contribution < 1.29 is 13.9 Å². The number of halogens is 1. The molecule has 5 nitrogen and oxygen atoms in total. The average molecular weight is 365 g/mol. The van der Waals surface area contributed by atoms with Crippen molar-refractivity contribution in [1.82, 2.24) is 10.6 Å². The normalized spacial score (nSPS) is 15.6. The number of guanidine groups is 1. The van der Waals surface area contributed by atoms with Crippen LogP contribution in [0.25, 0.3) is 0 Å². The van der Waals surface area contributed by atoms with Crippen molar-refractivity contribution in [2.75, 3.05) is 33.9 Å². The summed E-state index contributed by atoms with van der Waals surface area (Å²) in [7, 11) is 3.46. The van der Waals surface area contributed by atoms with E-state index < -0.39 is 0 Å². The third kappa shape index (κ3) is 7.20. The van der Waals surface area contributed by atoms with Gasteiger partial charge in [0.2, 0.25) is 0 Å². The molecule has 6 heteroatoms. The van der Waals surface area contributed by atoms with Crippen LogP contribution >= 0.6 is 0 Å². The molecule has 0 spiro atoms. The minimum absolute atomic E-state index is 0.0540. The SMILES string of the molecule is CN=C(NCCCCCOC)NC(C)c1ccc(OCC2CC2)c(F)c1. The van der Waals surface area contributed by atoms with E-state index in [1.165, 1.54) is 18.9 Å². The molecule has 0 bridgehead atoms. The molecule has 2 N–H and O–H groups in total. The van der Waals surface area contributed by atoms with E-state index in [-0.39, 0.29) is 11.9 Å². The van der Waals surface area contributed by atoms with E-state index in [1.54, 1.807) is 20.2 Å². The molecule has 0 saturated heterocycles. The quantitative estimate of drug-likeness (QED) is 0.357. The van der Waals surface area contributed by atoms with E-state index in [4.69, 9.17) is 9.47 Å². The second-order valence-corrected chi connectivity index (χ2v) is 6.86. The van der Waals surface area contributed by atoms with Gasteiger partial charge in [0.15, 0.2) is 17.5 Å². The summed E-state index contributed by atoms with van der Waals surface area (Å²) in [4.78, 5) is 4.23. The molecular formula is C20H32FN3O2. The molecule has 0 aromatic heterocycles. The summed E-state index contributed by atoms with van der Waals surface area (Å²) < 4.78 is 24.8. The minimum Gasteiger partial charge on any atom is -0.490 e. The van der Waals surface area contributed by atoms with Crippen LogP contribution in [0.5, 0.6) is 5.75 Å². The molecular weight excluding hydrogens is 333 g/mol. The fourth-order valence-electron chi connectivity index (χ4n) is 2.63. The van der Waals surface area contributed by atoms with Gasteiger partial charge in [-0.25, -0.2) is 4.39 Å². The maximum Gasteiger partial charge on any atom is 0.191 e. The van der Waals surface area contributed by atoms with Crippen LogP contribution < -0.4 is 15.4 Å². The van der Waals surface area contributed by atoms with Gasteiger partial charge in [-0.05, 0) is 62.6 Å². The first-order valence-corrected chi connectivity index (χ1v) is 9.52. The van der Waals surface area contributed by atoms with Gasteiger partial charge in [0.05, 0.1) is 12.6 Å². The molecule has 146 valence electrons. The highest BCUT2D eigenvalue weighted by Gasteiger charge is 2.22. The van der Waals surface area contributed by atoms with Crippen LogP contribution in [0, 0.1) is 11.7 Å². The molecule has 1 fully saturated rings. The molecule has 26 heavy (non-hydrogen) atoms. The largest absolute Gasteiger partial charge is 0.490 e. The van der Waals surface area contributed by atoms with Crippen molar-refractivity contribution in [2.24, 2.45) is 10.9 Å². The third-order valence-electron chi connectivity index (χ3n) is 4.52. The number of methoxy groups -OCH3 is 1. The van der Waals surface area contributed by atoms with Crippen LogP contribution in [0.2, 0.25) is 0 Å². The fourth-order valence-corrected chi connectivity index (χ4v) is 2.63. The molecule has 0 heterocycles. The molecule has 1 unspecified atom stereocenters. The number of aliphatic imine (C=N–C) groups is 1. The molecule has 0 aliphatic heterocycles. The molecule has 0 radical (unpaired) electrons. The lowest BCUT2D eigenvalue weighted by Gasteiger charge is -2.19. The molecule has 0 amide bonds. The van der Waals surface area contributed by atoms with Gasteiger partial charge in [0.1, 0.15) is 0 Å². The van der Waals surface area contributed by atoms with Crippen LogP contribution in [0.3, 0.4) is 0 Å². The Hall–Kier alpha value is -1.82. The van der Waals surface area contributed by atoms with E-state index in [0.29, 0.717) is 18.3 Å². The van der Waals surface area contributed by atoms with Crippen LogP contribution in [0.4, 0.5) is 4.39 Å². The van der Waals surface area contributed by atoms with E-state index in [1.807, 2.05) is 13.0 Å². The molecule has 1 saturated carbocycles. The lowest BCUT2D eigenvalue weighted by Crippen LogP contribution is -2.39. The Bertz CT molecular complexity index is 576. The molecule has 1 aromatic carbocycles. The topological polar surface area (TPSA) is 54.9 Å². The van der Waals surface area contributed by atoms with E-state index in [9.17, 15) is 4.39 Å². The van der Waals surface area contributed by atoms with Gasteiger partial charge in [-0.1, -0.05) is 6.07 Å². The van der Waals surface area contributed by atoms with Crippen molar-refractivity contribution in [1.29, 1.82) is 0 Å². The number of hydrogen-bond acceptors (Lipinski definition) is 3. The highest BCUT2D eigenvalue weighted by Crippen LogP contribution is 2.30. The maximum absolute atomic E-state index is 14.2. The second kappa shape index (κ2) is 11.0. The first-order chi connectivity index (χ1) is 12.6. The Balaban J connectivity index is 1.77. The number of ether oxygens (including phenoxy) is 2. The van der Waals surface area contributed by atoms with Gasteiger partial charge in [-0.2, -0.15) is 0 Å². The lowest BCUT2D eigenvalue weighted by atomic mass is 10.1. The van der Waals surface area contributed by atoms with E-state index in [2.05, 4.69) is 15.6 Å². The molecule has 1 aliphatic carbocycles. The zero-order chi connectivity index (χ0) is 18.8. The Kier molecular flexibility index (Phi) is 8.68. The number of nitrogens with one attached hydrogen (secondary N) is 2. The van der Waals surface area contributed by atoms with Gasteiger partial charge < -0.3 is 20.1 Å². The summed E-state index contributed by atoms with van der Waals surface area (Å²) in [5.74, 6) is 1.36. The molecule has 1 atom stereocenters. The summed E-state index contributed by atoms with van der Waals surface area (Å²) >= 11 is 0. The third-order valence-corrected chi connectivity index (χ3v) is 4.52. The number of benzene rings is 1. The van der Waals surface area contributed by atoms with E-state index >= 15 is 0 Å². The van der Waals surface area contributed by atoms with Crippen molar-refractivity contribution in [3.8, 4) is 5.75 Å². The summed E-state index contributed by atoms with van der Waals surface area (Å²) in [6, 6.07) is 5.11. The predicted octanol–water partition coefficient (Wildman–Crippen LogP) is 3.66. The van der Waals surface area contributed by atoms with Gasteiger partial charge in [-0.3, -0.25) is 4.99 Å². The van der Waals surface area contributed by atoms with Crippen LogP contribution in [0.1, 0.15) is 50.6 Å². The smallest absolute Gasteiger partial charge is 0.191 e. The lowest BCUT2D eigenvalue weighted by molar-refractivity contribution is 0.192. The average Bonchev–Trinajstić information content (AvgIpc) is 3.46. The highest BCUT2D eigenvalue weighted by molar-refractivity contribution is 5.80. The van der Waals surface area contributed by atoms with Gasteiger partial charge in [-0.15, -0.1) is 0 Å². The number of unbranched alkanes of at least 4 members (excludes halogenated alkanes) is 2. The van der Waals surface area contributed by atoms with Gasteiger partial charge in [0.25, 0.3) is 0 Å². The van der Waals surface area contributed by atoms with E-state index in [0.717, 1.165) is 43.9 Å². The Morgan fingerprint density at radius 1 is 1.31 bits per heavy atom. The highest BCUT2D eigenvalue weighted by atomic mass is 19.1. The maximum atomic E-state index is 14.2. The monoisotopic (exact) mass is 365 g/mol. The Labute approximate surface area is 156 Å². The Morgan fingerprint density at radius 2 is 2.12 bits per heavy atom. The van der Waals surface area contributed by atoms with Crippen LogP contribution in [-0.4, -0.2) is 39.9 Å². The standard InChI is InChI=1S/C20H32FN3O2/c1-15(24-20(22-2)23-11-5-4-6-12-25-3)17-9-10-19(18(21)13-17)26-14-16-7-8-16/h9-10,13,15-16H,4-8,11-12,14H2,1-3H3,(H2,22,23,24).